The third kappa shape index (κ3) is 2.00. The molecule has 4 heteroatoms. The normalized spacial score (nSPS) is 20.1. The molecule has 3 aromatic rings. The Kier molecular flexibility index (Phi) is 3.07. The average Bonchev–Trinajstić information content (AvgIpc) is 3.06. The summed E-state index contributed by atoms with van der Waals surface area (Å²) >= 11 is 0. The van der Waals surface area contributed by atoms with Crippen LogP contribution in [0.2, 0.25) is 0 Å². The first-order chi connectivity index (χ1) is 12.3. The molecule has 2 aliphatic heterocycles. The van der Waals surface area contributed by atoms with Gasteiger partial charge < -0.3 is 18.9 Å². The van der Waals surface area contributed by atoms with Crippen LogP contribution in [-0.4, -0.2) is 20.8 Å². The Bertz CT molecular complexity index is 979. The van der Waals surface area contributed by atoms with E-state index < -0.39 is 0 Å². The molecule has 2 atom stereocenters. The van der Waals surface area contributed by atoms with Crippen LogP contribution in [0.25, 0.3) is 10.8 Å². The Morgan fingerprint density at radius 1 is 0.920 bits per heavy atom. The fourth-order valence-electron chi connectivity index (χ4n) is 3.92. The third-order valence-electron chi connectivity index (χ3n) is 5.16. The summed E-state index contributed by atoms with van der Waals surface area (Å²) in [7, 11) is 3.37. The van der Waals surface area contributed by atoms with E-state index in [0.29, 0.717) is 6.61 Å². The molecule has 0 saturated heterocycles. The number of fused-ring (bicyclic) bond motifs is 7. The molecule has 2 heterocycles. The number of hydrogen-bond acceptors (Lipinski definition) is 4. The van der Waals surface area contributed by atoms with Crippen molar-refractivity contribution in [3.8, 4) is 23.0 Å². The van der Waals surface area contributed by atoms with Crippen LogP contribution in [0.15, 0.2) is 48.5 Å². The SMILES string of the molecule is COc1ccc2c(c1)OCC1c3cc(OC)c4ccccc4c3OC21. The van der Waals surface area contributed by atoms with Crippen molar-refractivity contribution in [2.75, 3.05) is 20.8 Å². The lowest BCUT2D eigenvalue weighted by atomic mass is 9.88. The summed E-state index contributed by atoms with van der Waals surface area (Å²) in [4.78, 5) is 0. The van der Waals surface area contributed by atoms with Crippen molar-refractivity contribution in [1.82, 2.24) is 0 Å². The van der Waals surface area contributed by atoms with Gasteiger partial charge in [-0.15, -0.1) is 0 Å². The number of hydrogen-bond donors (Lipinski definition) is 0. The Balaban J connectivity index is 1.67. The molecule has 0 N–H and O–H groups in total. The summed E-state index contributed by atoms with van der Waals surface area (Å²) in [5, 5.41) is 2.15. The summed E-state index contributed by atoms with van der Waals surface area (Å²) in [6, 6.07) is 16.2. The van der Waals surface area contributed by atoms with Gasteiger partial charge in [0.1, 0.15) is 29.1 Å². The lowest BCUT2D eigenvalue weighted by Gasteiger charge is -2.28. The largest absolute Gasteiger partial charge is 0.497 e. The molecule has 126 valence electrons. The van der Waals surface area contributed by atoms with E-state index in [0.717, 1.165) is 44.9 Å². The van der Waals surface area contributed by atoms with E-state index in [-0.39, 0.29) is 12.0 Å². The Morgan fingerprint density at radius 3 is 2.56 bits per heavy atom. The zero-order valence-electron chi connectivity index (χ0n) is 14.1. The number of ether oxygens (including phenoxy) is 4. The van der Waals surface area contributed by atoms with Crippen molar-refractivity contribution in [3.63, 3.8) is 0 Å². The maximum absolute atomic E-state index is 6.45. The summed E-state index contributed by atoms with van der Waals surface area (Å²) in [6.45, 7) is 0.583. The smallest absolute Gasteiger partial charge is 0.138 e. The van der Waals surface area contributed by atoms with Crippen molar-refractivity contribution in [2.45, 2.75) is 12.0 Å². The van der Waals surface area contributed by atoms with Gasteiger partial charge in [-0.25, -0.2) is 0 Å². The zero-order valence-corrected chi connectivity index (χ0v) is 14.1. The predicted octanol–water partition coefficient (Wildman–Crippen LogP) is 4.47. The molecular weight excluding hydrogens is 316 g/mol. The molecule has 4 nitrogen and oxygen atoms in total. The van der Waals surface area contributed by atoms with E-state index in [1.165, 1.54) is 0 Å². The van der Waals surface area contributed by atoms with Crippen molar-refractivity contribution in [1.29, 1.82) is 0 Å². The van der Waals surface area contributed by atoms with E-state index >= 15 is 0 Å². The molecule has 2 aliphatic rings. The fraction of sp³-hybridized carbons (Fsp3) is 0.238. The van der Waals surface area contributed by atoms with Gasteiger partial charge in [0, 0.05) is 28.0 Å². The summed E-state index contributed by atoms with van der Waals surface area (Å²) < 4.78 is 23.4. The standard InChI is InChI=1S/C21H18O4/c1-22-12-7-8-15-19(9-12)24-11-17-16-10-18(23-2)13-5-3-4-6-14(13)20(16)25-21(15)17/h3-10,17,21H,11H2,1-2H3. The zero-order chi connectivity index (χ0) is 17.0. The van der Waals surface area contributed by atoms with Crippen molar-refractivity contribution in [3.05, 3.63) is 59.7 Å². The number of methoxy groups -OCH3 is 2. The molecule has 3 aromatic carbocycles. The minimum absolute atomic E-state index is 0.0415. The Labute approximate surface area is 145 Å². The van der Waals surface area contributed by atoms with Gasteiger partial charge in [0.05, 0.1) is 26.7 Å². The molecule has 0 spiro atoms. The number of rotatable bonds is 2. The molecule has 0 radical (unpaired) electrons. The molecule has 25 heavy (non-hydrogen) atoms. The lowest BCUT2D eigenvalue weighted by Crippen LogP contribution is -2.23. The van der Waals surface area contributed by atoms with E-state index in [1.54, 1.807) is 14.2 Å². The van der Waals surface area contributed by atoms with E-state index in [2.05, 4.69) is 18.2 Å². The molecule has 0 amide bonds. The lowest BCUT2D eigenvalue weighted by molar-refractivity contribution is 0.140. The van der Waals surface area contributed by atoms with Gasteiger partial charge in [0.25, 0.3) is 0 Å². The van der Waals surface area contributed by atoms with E-state index in [1.807, 2.05) is 30.3 Å². The van der Waals surface area contributed by atoms with E-state index in [9.17, 15) is 0 Å². The minimum atomic E-state index is -0.0415. The van der Waals surface area contributed by atoms with Crippen molar-refractivity contribution >= 4 is 10.8 Å². The Hall–Kier alpha value is -2.88. The molecule has 0 aromatic heterocycles. The molecule has 0 fully saturated rings. The van der Waals surface area contributed by atoms with Gasteiger partial charge in [0.2, 0.25) is 0 Å². The van der Waals surface area contributed by atoms with Crippen molar-refractivity contribution in [2.24, 2.45) is 0 Å². The number of benzene rings is 3. The highest BCUT2D eigenvalue weighted by Crippen LogP contribution is 2.54. The first-order valence-corrected chi connectivity index (χ1v) is 8.37. The van der Waals surface area contributed by atoms with Crippen LogP contribution in [0.5, 0.6) is 23.0 Å². The minimum Gasteiger partial charge on any atom is -0.497 e. The van der Waals surface area contributed by atoms with Gasteiger partial charge in [-0.3, -0.25) is 0 Å². The highest BCUT2D eigenvalue weighted by Gasteiger charge is 2.42. The van der Waals surface area contributed by atoms with Gasteiger partial charge in [-0.2, -0.15) is 0 Å². The van der Waals surface area contributed by atoms with Crippen LogP contribution >= 0.6 is 0 Å². The first-order valence-electron chi connectivity index (χ1n) is 8.37. The second-order valence-electron chi connectivity index (χ2n) is 6.40. The summed E-state index contributed by atoms with van der Waals surface area (Å²) in [6.07, 6.45) is -0.0415. The second-order valence-corrected chi connectivity index (χ2v) is 6.40. The first kappa shape index (κ1) is 14.5. The molecule has 5 rings (SSSR count). The molecular formula is C21H18O4. The summed E-state index contributed by atoms with van der Waals surface area (Å²) in [5.41, 5.74) is 2.22. The molecule has 0 saturated carbocycles. The highest BCUT2D eigenvalue weighted by molar-refractivity contribution is 5.95. The van der Waals surface area contributed by atoms with Gasteiger partial charge in [-0.1, -0.05) is 24.3 Å². The van der Waals surface area contributed by atoms with Crippen LogP contribution in [-0.2, 0) is 0 Å². The Morgan fingerprint density at radius 2 is 1.76 bits per heavy atom. The third-order valence-corrected chi connectivity index (χ3v) is 5.16. The monoisotopic (exact) mass is 334 g/mol. The predicted molar refractivity (Wildman–Crippen MR) is 95.1 cm³/mol. The fourth-order valence-corrected chi connectivity index (χ4v) is 3.92. The maximum atomic E-state index is 6.45. The maximum Gasteiger partial charge on any atom is 0.138 e. The summed E-state index contributed by atoms with van der Waals surface area (Å²) in [5.74, 6) is 3.61. The topological polar surface area (TPSA) is 36.9 Å². The van der Waals surface area contributed by atoms with Gasteiger partial charge >= 0.3 is 0 Å². The van der Waals surface area contributed by atoms with E-state index in [4.69, 9.17) is 18.9 Å². The van der Waals surface area contributed by atoms with Crippen LogP contribution in [0, 0.1) is 0 Å². The van der Waals surface area contributed by atoms with Crippen LogP contribution < -0.4 is 18.9 Å². The van der Waals surface area contributed by atoms with Crippen molar-refractivity contribution < 1.29 is 18.9 Å². The highest BCUT2D eigenvalue weighted by atomic mass is 16.5. The molecule has 0 aliphatic carbocycles. The second kappa shape index (κ2) is 5.31. The van der Waals surface area contributed by atoms with Crippen LogP contribution in [0.4, 0.5) is 0 Å². The van der Waals surface area contributed by atoms with Crippen LogP contribution in [0.3, 0.4) is 0 Å². The van der Waals surface area contributed by atoms with Gasteiger partial charge in [-0.05, 0) is 18.2 Å². The molecule has 2 unspecified atom stereocenters. The quantitative estimate of drug-likeness (QED) is 0.693. The molecule has 0 bridgehead atoms. The average molecular weight is 334 g/mol. The van der Waals surface area contributed by atoms with Gasteiger partial charge in [0.15, 0.2) is 0 Å². The van der Waals surface area contributed by atoms with Crippen LogP contribution in [0.1, 0.15) is 23.1 Å².